The van der Waals surface area contributed by atoms with Gasteiger partial charge < -0.3 is 24.2 Å². The smallest absolute Gasteiger partial charge is 0.410 e. The lowest BCUT2D eigenvalue weighted by molar-refractivity contribution is -0.142. The van der Waals surface area contributed by atoms with E-state index in [1.54, 1.807) is 43.2 Å². The first kappa shape index (κ1) is 38.3. The summed E-state index contributed by atoms with van der Waals surface area (Å²) in [5.41, 5.74) is 5.45. The van der Waals surface area contributed by atoms with Crippen molar-refractivity contribution >= 4 is 41.2 Å². The maximum absolute atomic E-state index is 14.2. The predicted octanol–water partition coefficient (Wildman–Crippen LogP) is 5.32. The van der Waals surface area contributed by atoms with Gasteiger partial charge in [0.15, 0.2) is 0 Å². The molecule has 6 rings (SSSR count). The molecule has 2 unspecified atom stereocenters. The number of hydrogen-bond donors (Lipinski definition) is 2. The van der Waals surface area contributed by atoms with Crippen LogP contribution < -0.4 is 10.9 Å². The molecule has 13 nitrogen and oxygen atoms in total. The van der Waals surface area contributed by atoms with Crippen LogP contribution in [0, 0.1) is 11.3 Å². The van der Waals surface area contributed by atoms with Crippen LogP contribution in [0.4, 0.5) is 9.59 Å². The summed E-state index contributed by atoms with van der Waals surface area (Å²) in [6, 6.07) is 7.80. The van der Waals surface area contributed by atoms with E-state index < -0.39 is 46.9 Å². The molecule has 2 atom stereocenters. The molecule has 4 heterocycles. The highest BCUT2D eigenvalue weighted by molar-refractivity contribution is 7.09. The number of aromatic nitrogens is 1. The van der Waals surface area contributed by atoms with E-state index in [1.807, 2.05) is 29.6 Å². The van der Waals surface area contributed by atoms with Gasteiger partial charge in [-0.05, 0) is 63.5 Å². The second-order valence-corrected chi connectivity index (χ2v) is 16.8. The molecule has 2 aromatic rings. The first-order valence-corrected chi connectivity index (χ1v) is 19.6. The molecule has 1 spiro atoms. The number of amides is 5. The lowest BCUT2D eigenvalue weighted by Gasteiger charge is -2.49. The van der Waals surface area contributed by atoms with E-state index in [9.17, 15) is 24.0 Å². The number of ether oxygens (including phenoxy) is 2. The van der Waals surface area contributed by atoms with E-state index in [0.717, 1.165) is 30.7 Å². The summed E-state index contributed by atoms with van der Waals surface area (Å²) in [6.07, 6.45) is 9.55. The molecule has 1 aromatic heterocycles. The van der Waals surface area contributed by atoms with Crippen LogP contribution in [0.25, 0.3) is 0 Å². The minimum absolute atomic E-state index is 0.0128. The molecule has 1 aromatic carbocycles. The van der Waals surface area contributed by atoms with Gasteiger partial charge in [0.25, 0.3) is 5.91 Å². The molecule has 0 radical (unpaired) electrons. The summed E-state index contributed by atoms with van der Waals surface area (Å²) in [6.45, 7) is 10.5. The van der Waals surface area contributed by atoms with Crippen molar-refractivity contribution in [3.8, 4) is 0 Å². The van der Waals surface area contributed by atoms with Crippen molar-refractivity contribution < 1.29 is 33.4 Å². The average molecular weight is 749 g/mol. The Labute approximate surface area is 315 Å². The van der Waals surface area contributed by atoms with Gasteiger partial charge in [-0.2, -0.15) is 0 Å². The third-order valence-electron chi connectivity index (χ3n) is 11.0. The van der Waals surface area contributed by atoms with Gasteiger partial charge >= 0.3 is 12.2 Å². The molecule has 2 N–H and O–H groups in total. The minimum Gasteiger partial charge on any atom is -0.445 e. The summed E-state index contributed by atoms with van der Waals surface area (Å²) in [5.74, 6) is -2.70. The van der Waals surface area contributed by atoms with Gasteiger partial charge in [-0.25, -0.2) is 14.6 Å². The Morgan fingerprint density at radius 2 is 1.60 bits per heavy atom. The van der Waals surface area contributed by atoms with E-state index in [-0.39, 0.29) is 44.6 Å². The normalized spacial score (nSPS) is 21.0. The molecule has 4 aliphatic rings. The number of rotatable bonds is 8. The van der Waals surface area contributed by atoms with Crippen LogP contribution in [0.2, 0.25) is 0 Å². The number of piperidine rings is 1. The molecular formula is C39H52N6O7S. The SMILES string of the molecule is C=CCOC(=O)N1CC(C(=O)NNC(=O)C(C(=O)N2CCC(c3nccs3)CC2)c2ccc(C3CCCCC3)cc2)C2(C1)CN(C(=O)OC(C)(C)C)C2. The highest BCUT2D eigenvalue weighted by Crippen LogP contribution is 2.45. The van der Waals surface area contributed by atoms with Crippen molar-refractivity contribution in [3.63, 3.8) is 0 Å². The summed E-state index contributed by atoms with van der Waals surface area (Å²) in [7, 11) is 0. The van der Waals surface area contributed by atoms with E-state index in [4.69, 9.17) is 9.47 Å². The Balaban J connectivity index is 1.16. The van der Waals surface area contributed by atoms with Gasteiger partial charge in [-0.3, -0.25) is 25.2 Å². The summed E-state index contributed by atoms with van der Waals surface area (Å²) in [5, 5.41) is 3.02. The molecule has 5 amide bonds. The lowest BCUT2D eigenvalue weighted by atomic mass is 9.71. The van der Waals surface area contributed by atoms with Crippen LogP contribution in [-0.2, 0) is 23.9 Å². The highest BCUT2D eigenvalue weighted by atomic mass is 32.1. The van der Waals surface area contributed by atoms with Crippen molar-refractivity contribution in [2.75, 3.05) is 45.9 Å². The van der Waals surface area contributed by atoms with Gasteiger partial charge in [0, 0.05) is 62.2 Å². The molecule has 4 fully saturated rings. The number of hydrazine groups is 1. The summed E-state index contributed by atoms with van der Waals surface area (Å²) >= 11 is 1.62. The molecule has 286 valence electrons. The number of thiazole rings is 1. The second kappa shape index (κ2) is 16.3. The number of nitrogens with one attached hydrogen (secondary N) is 2. The monoisotopic (exact) mass is 748 g/mol. The van der Waals surface area contributed by atoms with Crippen LogP contribution in [0.1, 0.15) is 99.6 Å². The highest BCUT2D eigenvalue weighted by Gasteiger charge is 2.60. The van der Waals surface area contributed by atoms with Gasteiger partial charge in [-0.15, -0.1) is 11.3 Å². The second-order valence-electron chi connectivity index (χ2n) is 15.9. The molecule has 3 saturated heterocycles. The fraction of sp³-hybridized carbons (Fsp3) is 0.590. The first-order valence-electron chi connectivity index (χ1n) is 18.8. The molecule has 0 bridgehead atoms. The standard InChI is InChI=1S/C39H52N6O7S/c1-5-20-51-36(49)44-22-30(39(23-44)24-45(25-39)37(50)52-38(2,3)4)32(46)41-42-33(47)31(28-13-11-27(12-14-28)26-9-7-6-8-10-26)35(48)43-18-15-29(16-19-43)34-40-17-21-53-34/h5,11-14,17,21,26,29-31H,1,6-10,15-16,18-20,22-25H2,2-4H3,(H,41,46)(H,42,47). The Morgan fingerprint density at radius 3 is 2.23 bits per heavy atom. The van der Waals surface area contributed by atoms with Crippen LogP contribution >= 0.6 is 11.3 Å². The van der Waals surface area contributed by atoms with Gasteiger partial charge in [0.05, 0.1) is 10.9 Å². The Hall–Kier alpha value is -4.46. The zero-order valence-electron chi connectivity index (χ0n) is 31.0. The van der Waals surface area contributed by atoms with Gasteiger partial charge in [-0.1, -0.05) is 56.2 Å². The van der Waals surface area contributed by atoms with E-state index >= 15 is 0 Å². The van der Waals surface area contributed by atoms with Crippen LogP contribution in [0.15, 0.2) is 48.5 Å². The van der Waals surface area contributed by atoms with E-state index in [0.29, 0.717) is 24.6 Å². The first-order chi connectivity index (χ1) is 25.4. The lowest BCUT2D eigenvalue weighted by Crippen LogP contribution is -2.65. The van der Waals surface area contributed by atoms with E-state index in [1.165, 1.54) is 40.7 Å². The number of benzene rings is 1. The number of likely N-dealkylation sites (tertiary alicyclic amines) is 3. The van der Waals surface area contributed by atoms with Gasteiger partial charge in [0.1, 0.15) is 18.1 Å². The molecule has 53 heavy (non-hydrogen) atoms. The minimum atomic E-state index is -1.18. The van der Waals surface area contributed by atoms with Crippen molar-refractivity contribution in [2.24, 2.45) is 11.3 Å². The largest absolute Gasteiger partial charge is 0.445 e. The molecule has 1 aliphatic carbocycles. The van der Waals surface area contributed by atoms with Crippen molar-refractivity contribution in [2.45, 2.75) is 89.1 Å². The Morgan fingerprint density at radius 1 is 0.925 bits per heavy atom. The Kier molecular flexibility index (Phi) is 11.8. The average Bonchev–Trinajstić information content (AvgIpc) is 3.82. The van der Waals surface area contributed by atoms with Crippen molar-refractivity contribution in [1.29, 1.82) is 0 Å². The topological polar surface area (TPSA) is 150 Å². The van der Waals surface area contributed by atoms with Crippen LogP contribution in [0.5, 0.6) is 0 Å². The van der Waals surface area contributed by atoms with Crippen LogP contribution in [0.3, 0.4) is 0 Å². The maximum atomic E-state index is 14.2. The zero-order chi connectivity index (χ0) is 37.8. The molecule has 14 heteroatoms. The zero-order valence-corrected chi connectivity index (χ0v) is 31.8. The maximum Gasteiger partial charge on any atom is 0.410 e. The Bertz CT molecular complexity index is 1640. The summed E-state index contributed by atoms with van der Waals surface area (Å²) in [4.78, 5) is 77.0. The fourth-order valence-corrected chi connectivity index (χ4v) is 9.04. The van der Waals surface area contributed by atoms with Gasteiger partial charge in [0.2, 0.25) is 11.8 Å². The summed E-state index contributed by atoms with van der Waals surface area (Å²) < 4.78 is 10.8. The third-order valence-corrected chi connectivity index (χ3v) is 11.9. The predicted molar refractivity (Wildman–Crippen MR) is 199 cm³/mol. The van der Waals surface area contributed by atoms with Crippen molar-refractivity contribution in [3.05, 3.63) is 64.6 Å². The molecule has 1 saturated carbocycles. The number of carbonyl (C=O) groups excluding carboxylic acids is 5. The number of nitrogens with zero attached hydrogens (tertiary/aromatic N) is 4. The van der Waals surface area contributed by atoms with Crippen molar-refractivity contribution in [1.82, 2.24) is 30.5 Å². The molecule has 3 aliphatic heterocycles. The third kappa shape index (κ3) is 8.85. The van der Waals surface area contributed by atoms with Crippen LogP contribution in [-0.4, -0.2) is 101 Å². The number of hydrogen-bond acceptors (Lipinski definition) is 9. The quantitative estimate of drug-likeness (QED) is 0.209. The van der Waals surface area contributed by atoms with E-state index in [2.05, 4.69) is 22.4 Å². The fourth-order valence-electron chi connectivity index (χ4n) is 8.23. The number of carbonyl (C=O) groups is 5. The molecular weight excluding hydrogens is 697 g/mol.